The van der Waals surface area contributed by atoms with E-state index in [4.69, 9.17) is 10.8 Å². The third-order valence-electron chi connectivity index (χ3n) is 5.43. The third kappa shape index (κ3) is 3.88. The molecule has 0 aromatic carbocycles. The van der Waals surface area contributed by atoms with Crippen molar-refractivity contribution in [3.8, 4) is 0 Å². The number of aryl methyl sites for hydroxylation is 2. The second-order valence-electron chi connectivity index (χ2n) is 6.91. The van der Waals surface area contributed by atoms with E-state index in [1.165, 1.54) is 49.9 Å². The van der Waals surface area contributed by atoms with Gasteiger partial charge in [-0.2, -0.15) is 5.10 Å². The molecule has 1 aliphatic rings. The minimum Gasteiger partial charge on any atom is -0.330 e. The van der Waals surface area contributed by atoms with Gasteiger partial charge in [-0.15, -0.1) is 0 Å². The van der Waals surface area contributed by atoms with Crippen LogP contribution in [-0.4, -0.2) is 16.3 Å². The quantitative estimate of drug-likeness (QED) is 0.827. The van der Waals surface area contributed by atoms with Crippen molar-refractivity contribution in [3.05, 3.63) is 17.5 Å². The summed E-state index contributed by atoms with van der Waals surface area (Å²) in [6.45, 7) is 8.46. The van der Waals surface area contributed by atoms with Gasteiger partial charge in [0, 0.05) is 12.2 Å². The first-order valence-corrected chi connectivity index (χ1v) is 8.92. The van der Waals surface area contributed by atoms with E-state index < -0.39 is 0 Å². The zero-order valence-electron chi connectivity index (χ0n) is 14.2. The maximum absolute atomic E-state index is 6.21. The van der Waals surface area contributed by atoms with E-state index >= 15 is 0 Å². The van der Waals surface area contributed by atoms with Crippen LogP contribution in [-0.2, 0) is 19.4 Å². The molecule has 0 bridgehead atoms. The largest absolute Gasteiger partial charge is 0.330 e. The molecule has 3 heteroatoms. The molecule has 1 fully saturated rings. The van der Waals surface area contributed by atoms with Gasteiger partial charge in [0.2, 0.25) is 0 Å². The highest BCUT2D eigenvalue weighted by Gasteiger charge is 2.35. The van der Waals surface area contributed by atoms with Gasteiger partial charge in [-0.25, -0.2) is 0 Å². The first-order chi connectivity index (χ1) is 10.2. The zero-order valence-corrected chi connectivity index (χ0v) is 14.2. The van der Waals surface area contributed by atoms with Crippen molar-refractivity contribution < 1.29 is 0 Å². The fourth-order valence-electron chi connectivity index (χ4n) is 3.93. The van der Waals surface area contributed by atoms with Gasteiger partial charge in [-0.1, -0.05) is 26.7 Å². The molecule has 2 rings (SSSR count). The topological polar surface area (TPSA) is 43.8 Å². The summed E-state index contributed by atoms with van der Waals surface area (Å²) in [4.78, 5) is 0. The lowest BCUT2D eigenvalue weighted by molar-refractivity contribution is 0.148. The fourth-order valence-corrected chi connectivity index (χ4v) is 3.93. The van der Waals surface area contributed by atoms with E-state index in [2.05, 4.69) is 31.5 Å². The predicted octanol–water partition coefficient (Wildman–Crippen LogP) is 3.94. The molecule has 0 saturated heterocycles. The molecule has 120 valence electrons. The lowest BCUT2D eigenvalue weighted by Crippen LogP contribution is -2.37. The monoisotopic (exact) mass is 291 g/mol. The van der Waals surface area contributed by atoms with E-state index in [1.54, 1.807) is 0 Å². The second-order valence-corrected chi connectivity index (χ2v) is 6.91. The molecule has 21 heavy (non-hydrogen) atoms. The average Bonchev–Trinajstić information content (AvgIpc) is 2.91. The van der Waals surface area contributed by atoms with Gasteiger partial charge in [0.15, 0.2) is 0 Å². The highest BCUT2D eigenvalue weighted by molar-refractivity contribution is 5.13. The van der Waals surface area contributed by atoms with Gasteiger partial charge in [0.25, 0.3) is 0 Å². The minimum atomic E-state index is 0.322. The highest BCUT2D eigenvalue weighted by Crippen LogP contribution is 2.42. The molecule has 0 unspecified atom stereocenters. The Balaban J connectivity index is 2.07. The van der Waals surface area contributed by atoms with Gasteiger partial charge in [0.05, 0.1) is 5.69 Å². The van der Waals surface area contributed by atoms with Gasteiger partial charge in [0.1, 0.15) is 0 Å². The Bertz CT molecular complexity index is 428. The Hall–Kier alpha value is -0.830. The Morgan fingerprint density at radius 2 is 2.00 bits per heavy atom. The molecule has 0 spiro atoms. The summed E-state index contributed by atoms with van der Waals surface area (Å²) < 4.78 is 2.19. The van der Waals surface area contributed by atoms with Crippen molar-refractivity contribution in [2.75, 3.05) is 6.54 Å². The lowest BCUT2D eigenvalue weighted by Gasteiger charge is -2.39. The van der Waals surface area contributed by atoms with E-state index in [9.17, 15) is 0 Å². The molecule has 1 heterocycles. The van der Waals surface area contributed by atoms with Crippen LogP contribution in [0.5, 0.6) is 0 Å². The van der Waals surface area contributed by atoms with Crippen molar-refractivity contribution in [1.82, 2.24) is 9.78 Å². The molecular weight excluding hydrogens is 258 g/mol. The van der Waals surface area contributed by atoms with Crippen molar-refractivity contribution in [3.63, 3.8) is 0 Å². The molecule has 0 atom stereocenters. The molecule has 0 radical (unpaired) electrons. The van der Waals surface area contributed by atoms with Crippen LogP contribution < -0.4 is 5.73 Å². The molecule has 1 saturated carbocycles. The van der Waals surface area contributed by atoms with Crippen LogP contribution in [0.25, 0.3) is 0 Å². The molecule has 3 nitrogen and oxygen atoms in total. The second kappa shape index (κ2) is 7.44. The molecular formula is C18H33N3. The number of nitrogens with zero attached hydrogens (tertiary/aromatic N) is 2. The predicted molar refractivity (Wildman–Crippen MR) is 89.3 cm³/mol. The van der Waals surface area contributed by atoms with Crippen molar-refractivity contribution in [1.29, 1.82) is 0 Å². The fraction of sp³-hybridized carbons (Fsp3) is 0.833. The van der Waals surface area contributed by atoms with Crippen molar-refractivity contribution >= 4 is 0 Å². The number of rotatable bonds is 7. The van der Waals surface area contributed by atoms with Gasteiger partial charge in [-0.05, 0) is 69.4 Å². The molecule has 0 aliphatic heterocycles. The van der Waals surface area contributed by atoms with Crippen molar-refractivity contribution in [2.24, 2.45) is 17.1 Å². The smallest absolute Gasteiger partial charge is 0.0624 e. The van der Waals surface area contributed by atoms with Crippen LogP contribution in [0.4, 0.5) is 0 Å². The maximum atomic E-state index is 6.21. The molecule has 1 aromatic rings. The Morgan fingerprint density at radius 3 is 2.52 bits per heavy atom. The summed E-state index contributed by atoms with van der Waals surface area (Å²) in [6, 6.07) is 2.30. The standard InChI is InChI=1S/C18H33N3/c1-4-7-15-8-10-18(14-19,11-9-15)13-17-12-16(5-2)20-21(17)6-3/h12,15H,4-11,13-14,19H2,1-3H3. The summed E-state index contributed by atoms with van der Waals surface area (Å²) in [5.74, 6) is 0.942. The van der Waals surface area contributed by atoms with E-state index in [-0.39, 0.29) is 0 Å². The van der Waals surface area contributed by atoms with Gasteiger partial charge < -0.3 is 5.73 Å². The van der Waals surface area contributed by atoms with Crippen LogP contribution in [0, 0.1) is 11.3 Å². The van der Waals surface area contributed by atoms with Crippen LogP contribution in [0.3, 0.4) is 0 Å². The van der Waals surface area contributed by atoms with Gasteiger partial charge in [-0.3, -0.25) is 4.68 Å². The summed E-state index contributed by atoms with van der Waals surface area (Å²) in [5, 5.41) is 4.70. The summed E-state index contributed by atoms with van der Waals surface area (Å²) in [7, 11) is 0. The maximum Gasteiger partial charge on any atom is 0.0624 e. The van der Waals surface area contributed by atoms with Gasteiger partial charge >= 0.3 is 0 Å². The summed E-state index contributed by atoms with van der Waals surface area (Å²) in [6.07, 6.45) is 10.2. The third-order valence-corrected chi connectivity index (χ3v) is 5.43. The van der Waals surface area contributed by atoms with Crippen molar-refractivity contribution in [2.45, 2.75) is 78.7 Å². The number of nitrogens with two attached hydrogens (primary N) is 1. The first-order valence-electron chi connectivity index (χ1n) is 8.92. The van der Waals surface area contributed by atoms with Crippen LogP contribution in [0.1, 0.15) is 70.7 Å². The lowest BCUT2D eigenvalue weighted by atomic mass is 9.67. The molecule has 0 amide bonds. The van der Waals surface area contributed by atoms with E-state index in [1.807, 2.05) is 0 Å². The highest BCUT2D eigenvalue weighted by atomic mass is 15.3. The average molecular weight is 291 g/mol. The number of hydrogen-bond donors (Lipinski definition) is 1. The van der Waals surface area contributed by atoms with E-state index in [0.717, 1.165) is 31.8 Å². The summed E-state index contributed by atoms with van der Waals surface area (Å²) >= 11 is 0. The van der Waals surface area contributed by atoms with Crippen LogP contribution in [0.15, 0.2) is 6.07 Å². The Kier molecular flexibility index (Phi) is 5.86. The molecule has 2 N–H and O–H groups in total. The Morgan fingerprint density at radius 1 is 1.29 bits per heavy atom. The summed E-state index contributed by atoms with van der Waals surface area (Å²) in [5.41, 5.74) is 9.15. The Labute approximate surface area is 130 Å². The zero-order chi connectivity index (χ0) is 15.3. The molecule has 1 aliphatic carbocycles. The normalized spacial score (nSPS) is 26.2. The SMILES string of the molecule is CCCC1CCC(CN)(Cc2cc(CC)nn2CC)CC1. The van der Waals surface area contributed by atoms with Crippen LogP contribution in [0.2, 0.25) is 0 Å². The number of aromatic nitrogens is 2. The minimum absolute atomic E-state index is 0.322. The van der Waals surface area contributed by atoms with Crippen LogP contribution >= 0.6 is 0 Å². The number of hydrogen-bond acceptors (Lipinski definition) is 2. The van der Waals surface area contributed by atoms with E-state index in [0.29, 0.717) is 5.41 Å². The molecule has 1 aromatic heterocycles. The first kappa shape index (κ1) is 16.5.